The Morgan fingerprint density at radius 2 is 2.47 bits per heavy atom. The number of anilines is 1. The Morgan fingerprint density at radius 3 is 3.18 bits per heavy atom. The number of benzene rings is 1. The number of thioether (sulfide) groups is 1. The Balaban J connectivity index is 2.31. The van der Waals surface area contributed by atoms with Gasteiger partial charge in [0.05, 0.1) is 17.3 Å². The molecular weight excluding hydrogens is 258 g/mol. The van der Waals surface area contributed by atoms with Crippen LogP contribution in [0.15, 0.2) is 23.1 Å². The summed E-state index contributed by atoms with van der Waals surface area (Å²) in [5.41, 5.74) is 0.781. The zero-order valence-electron chi connectivity index (χ0n) is 8.76. The van der Waals surface area contributed by atoms with E-state index < -0.39 is 6.09 Å². The minimum Gasteiger partial charge on any atom is -0.453 e. The molecule has 17 heavy (non-hydrogen) atoms. The van der Waals surface area contributed by atoms with E-state index in [1.54, 1.807) is 0 Å². The number of thiocyanates is 1. The number of hydrogen-bond acceptors (Lipinski definition) is 6. The van der Waals surface area contributed by atoms with Crippen LogP contribution >= 0.6 is 23.1 Å². The quantitative estimate of drug-likeness (QED) is 0.667. The van der Waals surface area contributed by atoms with Crippen molar-refractivity contribution < 1.29 is 9.53 Å². The summed E-state index contributed by atoms with van der Waals surface area (Å²) < 4.78 is 5.40. The number of carbonyl (C=O) groups excluding carboxylic acids is 1. The van der Waals surface area contributed by atoms with Crippen LogP contribution in [0.25, 0.3) is 10.2 Å². The van der Waals surface area contributed by atoms with Gasteiger partial charge >= 0.3 is 6.09 Å². The molecule has 1 aromatic heterocycles. The second-order valence-corrected chi connectivity index (χ2v) is 4.85. The maximum atomic E-state index is 11.0. The topological polar surface area (TPSA) is 75.0 Å². The van der Waals surface area contributed by atoms with Crippen molar-refractivity contribution in [2.24, 2.45) is 0 Å². The fourth-order valence-corrected chi connectivity index (χ4v) is 2.60. The molecule has 0 unspecified atom stereocenters. The molecule has 1 heterocycles. The lowest BCUT2D eigenvalue weighted by Crippen LogP contribution is -2.10. The standard InChI is InChI=1S/C10H7N3O2S2/c1-15-10(14)13-9-12-7-3-2-6(16-5-11)4-8(7)17-9/h2-4H,1H3,(H,12,13,14). The van der Waals surface area contributed by atoms with Crippen LogP contribution in [-0.2, 0) is 4.74 Å². The number of thiazole rings is 1. The van der Waals surface area contributed by atoms with E-state index in [0.717, 1.165) is 26.9 Å². The Labute approximate surface area is 105 Å². The van der Waals surface area contributed by atoms with Gasteiger partial charge in [0, 0.05) is 4.90 Å². The average molecular weight is 265 g/mol. The van der Waals surface area contributed by atoms with E-state index in [4.69, 9.17) is 5.26 Å². The fraction of sp³-hybridized carbons (Fsp3) is 0.100. The predicted octanol–water partition coefficient (Wildman–Crippen LogP) is 3.05. The van der Waals surface area contributed by atoms with Gasteiger partial charge in [0.25, 0.3) is 0 Å². The summed E-state index contributed by atoms with van der Waals surface area (Å²) in [4.78, 5) is 16.1. The molecule has 1 aromatic carbocycles. The first-order valence-corrected chi connectivity index (χ1v) is 6.17. The van der Waals surface area contributed by atoms with E-state index in [9.17, 15) is 4.79 Å². The number of aromatic nitrogens is 1. The van der Waals surface area contributed by atoms with Gasteiger partial charge in [0.1, 0.15) is 5.40 Å². The van der Waals surface area contributed by atoms with Crippen LogP contribution in [0.4, 0.5) is 9.93 Å². The maximum Gasteiger partial charge on any atom is 0.413 e. The van der Waals surface area contributed by atoms with Gasteiger partial charge in [0.2, 0.25) is 0 Å². The summed E-state index contributed by atoms with van der Waals surface area (Å²) in [6, 6.07) is 5.50. The second kappa shape index (κ2) is 5.03. The van der Waals surface area contributed by atoms with Crippen LogP contribution in [-0.4, -0.2) is 18.2 Å². The molecule has 0 spiro atoms. The van der Waals surface area contributed by atoms with E-state index in [2.05, 4.69) is 15.0 Å². The number of nitrogens with zero attached hydrogens (tertiary/aromatic N) is 2. The van der Waals surface area contributed by atoms with Crippen molar-refractivity contribution in [2.45, 2.75) is 4.90 Å². The highest BCUT2D eigenvalue weighted by molar-refractivity contribution is 8.03. The fourth-order valence-electron chi connectivity index (χ4n) is 1.21. The third-order valence-electron chi connectivity index (χ3n) is 1.92. The minimum absolute atomic E-state index is 0.478. The van der Waals surface area contributed by atoms with Crippen molar-refractivity contribution in [1.82, 2.24) is 4.98 Å². The van der Waals surface area contributed by atoms with Crippen molar-refractivity contribution in [3.05, 3.63) is 18.2 Å². The van der Waals surface area contributed by atoms with Crippen molar-refractivity contribution in [1.29, 1.82) is 5.26 Å². The largest absolute Gasteiger partial charge is 0.453 e. The average Bonchev–Trinajstić information content (AvgIpc) is 2.70. The van der Waals surface area contributed by atoms with Gasteiger partial charge in [-0.25, -0.2) is 9.78 Å². The molecule has 0 bridgehead atoms. The molecule has 0 saturated heterocycles. The Bertz CT molecular complexity index is 603. The van der Waals surface area contributed by atoms with Gasteiger partial charge in [-0.1, -0.05) is 11.3 Å². The van der Waals surface area contributed by atoms with E-state index in [1.165, 1.54) is 18.4 Å². The molecule has 1 N–H and O–H groups in total. The molecule has 0 radical (unpaired) electrons. The van der Waals surface area contributed by atoms with Crippen molar-refractivity contribution in [2.75, 3.05) is 12.4 Å². The molecule has 0 aliphatic rings. The summed E-state index contributed by atoms with van der Waals surface area (Å²) in [5, 5.41) is 13.6. The minimum atomic E-state index is -0.546. The van der Waals surface area contributed by atoms with E-state index in [-0.39, 0.29) is 0 Å². The van der Waals surface area contributed by atoms with Crippen LogP contribution in [0, 0.1) is 10.7 Å². The lowest BCUT2D eigenvalue weighted by atomic mass is 10.3. The first-order valence-electron chi connectivity index (χ1n) is 4.54. The van der Waals surface area contributed by atoms with E-state index in [0.29, 0.717) is 5.13 Å². The number of ether oxygens (including phenoxy) is 1. The van der Waals surface area contributed by atoms with Crippen molar-refractivity contribution >= 4 is 44.5 Å². The summed E-state index contributed by atoms with van der Waals surface area (Å²) in [7, 11) is 1.30. The molecule has 7 heteroatoms. The zero-order chi connectivity index (χ0) is 12.3. The lowest BCUT2D eigenvalue weighted by molar-refractivity contribution is 0.187. The number of rotatable bonds is 2. The van der Waals surface area contributed by atoms with Crippen molar-refractivity contribution in [3.63, 3.8) is 0 Å². The van der Waals surface area contributed by atoms with E-state index >= 15 is 0 Å². The molecule has 0 aliphatic heterocycles. The number of carbonyl (C=O) groups is 1. The third-order valence-corrected chi connectivity index (χ3v) is 3.43. The van der Waals surface area contributed by atoms with Crippen LogP contribution < -0.4 is 5.32 Å². The number of nitriles is 1. The smallest absolute Gasteiger partial charge is 0.413 e. The summed E-state index contributed by atoms with van der Waals surface area (Å²) in [6.45, 7) is 0. The zero-order valence-corrected chi connectivity index (χ0v) is 10.4. The third kappa shape index (κ3) is 2.67. The number of fused-ring (bicyclic) bond motifs is 1. The first kappa shape index (κ1) is 11.7. The summed E-state index contributed by atoms with van der Waals surface area (Å²) in [5.74, 6) is 0. The first-order chi connectivity index (χ1) is 8.22. The van der Waals surface area contributed by atoms with Crippen LogP contribution in [0.2, 0.25) is 0 Å². The molecule has 0 saturated carbocycles. The van der Waals surface area contributed by atoms with Gasteiger partial charge in [-0.15, -0.1) is 0 Å². The van der Waals surface area contributed by atoms with Gasteiger partial charge < -0.3 is 4.74 Å². The number of amides is 1. The monoisotopic (exact) mass is 265 g/mol. The number of hydrogen-bond donors (Lipinski definition) is 1. The lowest BCUT2D eigenvalue weighted by Gasteiger charge is -1.96. The van der Waals surface area contributed by atoms with Crippen LogP contribution in [0.3, 0.4) is 0 Å². The highest BCUT2D eigenvalue weighted by Gasteiger charge is 2.08. The van der Waals surface area contributed by atoms with Gasteiger partial charge in [-0.05, 0) is 30.0 Å². The Hall–Kier alpha value is -1.78. The maximum absolute atomic E-state index is 11.0. The Morgan fingerprint density at radius 1 is 1.65 bits per heavy atom. The van der Waals surface area contributed by atoms with Crippen LogP contribution in [0.1, 0.15) is 0 Å². The number of nitrogens with one attached hydrogen (secondary N) is 1. The van der Waals surface area contributed by atoms with Gasteiger partial charge in [-0.2, -0.15) is 5.26 Å². The predicted molar refractivity (Wildman–Crippen MR) is 67.1 cm³/mol. The highest BCUT2D eigenvalue weighted by Crippen LogP contribution is 2.29. The summed E-state index contributed by atoms with van der Waals surface area (Å²) in [6.07, 6.45) is -0.546. The SMILES string of the molecule is COC(=O)Nc1nc2ccc(SC#N)cc2s1. The summed E-state index contributed by atoms with van der Waals surface area (Å²) >= 11 is 2.43. The van der Waals surface area contributed by atoms with Gasteiger partial charge in [0.15, 0.2) is 5.13 Å². The molecule has 5 nitrogen and oxygen atoms in total. The molecule has 0 aliphatic carbocycles. The second-order valence-electron chi connectivity index (χ2n) is 2.96. The molecule has 1 amide bonds. The van der Waals surface area contributed by atoms with Crippen LogP contribution in [0.5, 0.6) is 0 Å². The molecule has 2 rings (SSSR count). The molecule has 86 valence electrons. The molecule has 0 fully saturated rings. The highest BCUT2D eigenvalue weighted by atomic mass is 32.2. The molecule has 0 atom stereocenters. The van der Waals surface area contributed by atoms with Gasteiger partial charge in [-0.3, -0.25) is 5.32 Å². The van der Waals surface area contributed by atoms with E-state index in [1.807, 2.05) is 23.6 Å². The van der Waals surface area contributed by atoms with Crippen molar-refractivity contribution in [3.8, 4) is 5.40 Å². The molecular formula is C10H7N3O2S2. The Kier molecular flexibility index (Phi) is 3.46. The number of methoxy groups -OCH3 is 1. The normalized spacial score (nSPS) is 9.88. The molecule has 2 aromatic rings.